The van der Waals surface area contributed by atoms with Gasteiger partial charge in [0.05, 0.1) is 17.7 Å². The molecule has 1 aliphatic heterocycles. The molecule has 1 aliphatic rings. The fourth-order valence-electron chi connectivity index (χ4n) is 2.83. The molecule has 1 aromatic carbocycles. The van der Waals surface area contributed by atoms with E-state index in [0.717, 1.165) is 12.1 Å². The molecule has 0 saturated heterocycles. The van der Waals surface area contributed by atoms with Gasteiger partial charge < -0.3 is 14.4 Å². The van der Waals surface area contributed by atoms with Crippen molar-refractivity contribution < 1.29 is 14.2 Å². The number of pyridine rings is 1. The highest BCUT2D eigenvalue weighted by Gasteiger charge is 2.44. The molecular formula is C17H15FN2O3. The first kappa shape index (κ1) is 15.3. The van der Waals surface area contributed by atoms with E-state index in [0.29, 0.717) is 16.9 Å². The molecule has 5 nitrogen and oxygen atoms in total. The van der Waals surface area contributed by atoms with Crippen molar-refractivity contribution in [3.05, 3.63) is 63.8 Å². The molecular weight excluding hydrogens is 299 g/mol. The van der Waals surface area contributed by atoms with Gasteiger partial charge >= 0.3 is 0 Å². The summed E-state index contributed by atoms with van der Waals surface area (Å²) in [6, 6.07) is 8.10. The quantitative estimate of drug-likeness (QED) is 0.873. The Labute approximate surface area is 132 Å². The van der Waals surface area contributed by atoms with Gasteiger partial charge in [0.15, 0.2) is 0 Å². The van der Waals surface area contributed by atoms with Gasteiger partial charge in [0.2, 0.25) is 0 Å². The Hall–Kier alpha value is -2.65. The van der Waals surface area contributed by atoms with E-state index in [1.165, 1.54) is 10.8 Å². The molecule has 23 heavy (non-hydrogen) atoms. The Kier molecular flexibility index (Phi) is 3.46. The van der Waals surface area contributed by atoms with Crippen molar-refractivity contribution in [1.29, 1.82) is 5.26 Å². The van der Waals surface area contributed by atoms with Crippen LogP contribution in [0.25, 0.3) is 0 Å². The van der Waals surface area contributed by atoms with Gasteiger partial charge in [-0.15, -0.1) is 0 Å². The molecule has 0 saturated carbocycles. The van der Waals surface area contributed by atoms with Crippen LogP contribution >= 0.6 is 0 Å². The van der Waals surface area contributed by atoms with Gasteiger partial charge in [-0.3, -0.25) is 4.79 Å². The van der Waals surface area contributed by atoms with Crippen LogP contribution in [0.15, 0.2) is 41.3 Å². The summed E-state index contributed by atoms with van der Waals surface area (Å²) in [5.41, 5.74) is -0.608. The predicted molar refractivity (Wildman–Crippen MR) is 80.7 cm³/mol. The maximum atomic E-state index is 13.2. The second-order valence-electron chi connectivity index (χ2n) is 6.05. The summed E-state index contributed by atoms with van der Waals surface area (Å²) < 4.78 is 20.3. The van der Waals surface area contributed by atoms with E-state index in [2.05, 4.69) is 0 Å². The normalized spacial score (nSPS) is 21.9. The van der Waals surface area contributed by atoms with Crippen LogP contribution in [-0.2, 0) is 0 Å². The van der Waals surface area contributed by atoms with Gasteiger partial charge in [0.25, 0.3) is 5.56 Å². The van der Waals surface area contributed by atoms with Gasteiger partial charge in [-0.1, -0.05) is 0 Å². The van der Waals surface area contributed by atoms with Crippen molar-refractivity contribution in [2.24, 2.45) is 0 Å². The largest absolute Gasteiger partial charge is 0.485 e. The molecule has 1 N–H and O–H groups in total. The van der Waals surface area contributed by atoms with Gasteiger partial charge in [-0.25, -0.2) is 4.39 Å². The van der Waals surface area contributed by atoms with Crippen molar-refractivity contribution in [1.82, 2.24) is 4.57 Å². The fourth-order valence-corrected chi connectivity index (χ4v) is 2.83. The molecule has 3 rings (SSSR count). The van der Waals surface area contributed by atoms with E-state index >= 15 is 0 Å². The minimum absolute atomic E-state index is 0.388. The molecule has 0 bridgehead atoms. The molecule has 2 atom stereocenters. The highest BCUT2D eigenvalue weighted by molar-refractivity contribution is 5.46. The zero-order chi connectivity index (χ0) is 16.8. The number of benzene rings is 1. The third kappa shape index (κ3) is 2.49. The van der Waals surface area contributed by atoms with Crippen LogP contribution in [0.4, 0.5) is 4.39 Å². The minimum atomic E-state index is -1.05. The molecule has 0 amide bonds. The summed E-state index contributed by atoms with van der Waals surface area (Å²) >= 11 is 0. The maximum Gasteiger partial charge on any atom is 0.254 e. The smallest absolute Gasteiger partial charge is 0.254 e. The lowest BCUT2D eigenvalue weighted by molar-refractivity contribution is -0.0643. The highest BCUT2D eigenvalue weighted by atomic mass is 19.1. The summed E-state index contributed by atoms with van der Waals surface area (Å²) in [5.74, 6) is -0.154. The number of fused-ring (bicyclic) bond motifs is 1. The third-order valence-corrected chi connectivity index (χ3v) is 4.05. The number of aliphatic hydroxyl groups is 1. The molecule has 0 aliphatic carbocycles. The zero-order valence-electron chi connectivity index (χ0n) is 12.7. The predicted octanol–water partition coefficient (Wildman–Crippen LogP) is 1.98. The van der Waals surface area contributed by atoms with Crippen LogP contribution in [0.3, 0.4) is 0 Å². The number of aliphatic hydroxyl groups excluding tert-OH is 1. The standard InChI is InChI=1S/C17H15FN2O3/c1-17(2)16(22)15(20-6-5-11(18)8-14(20)21)12-7-10(9-19)3-4-13(12)23-17/h3-8,15-16,22H,1-2H3. The van der Waals surface area contributed by atoms with Crippen LogP contribution in [0, 0.1) is 17.1 Å². The van der Waals surface area contributed by atoms with Crippen LogP contribution in [0.1, 0.15) is 31.0 Å². The lowest BCUT2D eigenvalue weighted by Gasteiger charge is -2.42. The van der Waals surface area contributed by atoms with E-state index in [1.54, 1.807) is 32.0 Å². The summed E-state index contributed by atoms with van der Waals surface area (Å²) in [7, 11) is 0. The number of rotatable bonds is 1. The molecule has 0 radical (unpaired) electrons. The molecule has 118 valence electrons. The van der Waals surface area contributed by atoms with Crippen molar-refractivity contribution in [3.8, 4) is 11.8 Å². The minimum Gasteiger partial charge on any atom is -0.485 e. The number of hydrogen-bond donors (Lipinski definition) is 1. The molecule has 2 aromatic rings. The highest BCUT2D eigenvalue weighted by Crippen LogP contribution is 2.41. The SMILES string of the molecule is CC1(C)Oc2ccc(C#N)cc2C(n2ccc(F)cc2=O)C1O. The summed E-state index contributed by atoms with van der Waals surface area (Å²) in [5, 5.41) is 19.8. The molecule has 2 unspecified atom stereocenters. The zero-order valence-corrected chi connectivity index (χ0v) is 12.7. The summed E-state index contributed by atoms with van der Waals surface area (Å²) in [6.07, 6.45) is 0.252. The Morgan fingerprint density at radius 1 is 1.35 bits per heavy atom. The van der Waals surface area contributed by atoms with Crippen molar-refractivity contribution >= 4 is 0 Å². The Balaban J connectivity index is 2.26. The van der Waals surface area contributed by atoms with Crippen LogP contribution < -0.4 is 10.3 Å². The first-order chi connectivity index (χ1) is 10.8. The van der Waals surface area contributed by atoms with E-state index in [4.69, 9.17) is 10.00 Å². The third-order valence-electron chi connectivity index (χ3n) is 4.05. The van der Waals surface area contributed by atoms with Crippen molar-refractivity contribution in [2.75, 3.05) is 0 Å². The number of nitriles is 1. The van der Waals surface area contributed by atoms with Crippen LogP contribution in [0.5, 0.6) is 5.75 Å². The molecule has 2 heterocycles. The Morgan fingerprint density at radius 3 is 2.74 bits per heavy atom. The molecule has 0 spiro atoms. The lowest BCUT2D eigenvalue weighted by atomic mass is 9.85. The summed E-state index contributed by atoms with van der Waals surface area (Å²) in [6.45, 7) is 3.42. The maximum absolute atomic E-state index is 13.2. The Bertz CT molecular complexity index is 867. The molecule has 6 heteroatoms. The van der Waals surface area contributed by atoms with Gasteiger partial charge in [-0.05, 0) is 38.1 Å². The summed E-state index contributed by atoms with van der Waals surface area (Å²) in [4.78, 5) is 12.2. The number of ether oxygens (including phenoxy) is 1. The lowest BCUT2D eigenvalue weighted by Crippen LogP contribution is -2.52. The van der Waals surface area contributed by atoms with E-state index in [1.807, 2.05) is 6.07 Å². The Morgan fingerprint density at radius 2 is 2.09 bits per heavy atom. The second-order valence-corrected chi connectivity index (χ2v) is 6.05. The fraction of sp³-hybridized carbons (Fsp3) is 0.294. The van der Waals surface area contributed by atoms with Crippen molar-refractivity contribution in [2.45, 2.75) is 31.6 Å². The second kappa shape index (κ2) is 5.21. The number of hydrogen-bond acceptors (Lipinski definition) is 4. The number of nitrogens with zero attached hydrogens (tertiary/aromatic N) is 2. The first-order valence-electron chi connectivity index (χ1n) is 7.12. The molecule has 1 aromatic heterocycles. The average Bonchev–Trinajstić information content (AvgIpc) is 2.49. The average molecular weight is 314 g/mol. The molecule has 0 fully saturated rings. The van der Waals surface area contributed by atoms with E-state index in [-0.39, 0.29) is 0 Å². The number of aromatic nitrogens is 1. The van der Waals surface area contributed by atoms with Crippen LogP contribution in [0.2, 0.25) is 0 Å². The monoisotopic (exact) mass is 314 g/mol. The van der Waals surface area contributed by atoms with Gasteiger partial charge in [0.1, 0.15) is 23.3 Å². The van der Waals surface area contributed by atoms with Gasteiger partial charge in [0, 0.05) is 17.8 Å². The van der Waals surface area contributed by atoms with Crippen molar-refractivity contribution in [3.63, 3.8) is 0 Å². The van der Waals surface area contributed by atoms with E-state index < -0.39 is 29.1 Å². The topological polar surface area (TPSA) is 75.2 Å². The van der Waals surface area contributed by atoms with Crippen LogP contribution in [-0.4, -0.2) is 21.4 Å². The first-order valence-corrected chi connectivity index (χ1v) is 7.12. The number of halogens is 1. The van der Waals surface area contributed by atoms with E-state index in [9.17, 15) is 14.3 Å². The van der Waals surface area contributed by atoms with Gasteiger partial charge in [-0.2, -0.15) is 5.26 Å².